The first-order valence-electron chi connectivity index (χ1n) is 8.23. The number of nitrogens with zero attached hydrogens (tertiary/aromatic N) is 4. The summed E-state index contributed by atoms with van der Waals surface area (Å²) in [7, 11) is 1.91. The lowest BCUT2D eigenvalue weighted by molar-refractivity contribution is -0.135. The van der Waals surface area contributed by atoms with Crippen molar-refractivity contribution in [2.24, 2.45) is 7.05 Å². The Morgan fingerprint density at radius 2 is 2.04 bits per heavy atom. The second kappa shape index (κ2) is 8.03. The molecule has 0 bridgehead atoms. The van der Waals surface area contributed by atoms with Crippen molar-refractivity contribution in [3.05, 3.63) is 36.3 Å². The van der Waals surface area contributed by atoms with E-state index in [0.29, 0.717) is 45.8 Å². The Morgan fingerprint density at radius 3 is 2.79 bits per heavy atom. The molecule has 128 valence electrons. The lowest BCUT2D eigenvalue weighted by Gasteiger charge is -2.26. The standard InChI is InChI=1S/C17H23N5O2/c1-21-13-15(17(20-21)14-2-5-18-6-3-14)12-19-7-4-16(23)22-8-10-24-11-9-22/h2-3,5-6,13,19H,4,7-12H2,1H3. The molecule has 0 aromatic carbocycles. The highest BCUT2D eigenvalue weighted by Gasteiger charge is 2.16. The molecule has 1 saturated heterocycles. The van der Waals surface area contributed by atoms with Crippen LogP contribution in [0.2, 0.25) is 0 Å². The van der Waals surface area contributed by atoms with Gasteiger partial charge in [-0.15, -0.1) is 0 Å². The van der Waals surface area contributed by atoms with Crippen molar-refractivity contribution in [2.45, 2.75) is 13.0 Å². The highest BCUT2D eigenvalue weighted by molar-refractivity contribution is 5.76. The summed E-state index contributed by atoms with van der Waals surface area (Å²) < 4.78 is 7.08. The molecule has 0 spiro atoms. The molecule has 1 aliphatic rings. The van der Waals surface area contributed by atoms with Crippen LogP contribution in [0.1, 0.15) is 12.0 Å². The number of aryl methyl sites for hydroxylation is 1. The van der Waals surface area contributed by atoms with Crippen LogP contribution in [-0.2, 0) is 23.1 Å². The van der Waals surface area contributed by atoms with Crippen molar-refractivity contribution in [1.82, 2.24) is 25.0 Å². The van der Waals surface area contributed by atoms with Crippen LogP contribution in [0.3, 0.4) is 0 Å². The minimum atomic E-state index is 0.186. The Bertz CT molecular complexity index is 665. The van der Waals surface area contributed by atoms with Crippen LogP contribution in [0.15, 0.2) is 30.7 Å². The summed E-state index contributed by atoms with van der Waals surface area (Å²) in [4.78, 5) is 18.0. The predicted molar refractivity (Wildman–Crippen MR) is 90.2 cm³/mol. The number of rotatable bonds is 6. The fraction of sp³-hybridized carbons (Fsp3) is 0.471. The molecule has 2 aromatic heterocycles. The third-order valence-corrected chi connectivity index (χ3v) is 4.05. The number of morpholine rings is 1. The van der Waals surface area contributed by atoms with Gasteiger partial charge in [0.05, 0.1) is 18.9 Å². The lowest BCUT2D eigenvalue weighted by atomic mass is 10.1. The average molecular weight is 329 g/mol. The number of carbonyl (C=O) groups is 1. The van der Waals surface area contributed by atoms with E-state index in [2.05, 4.69) is 15.4 Å². The van der Waals surface area contributed by atoms with Crippen LogP contribution in [0.5, 0.6) is 0 Å². The Morgan fingerprint density at radius 1 is 1.29 bits per heavy atom. The van der Waals surface area contributed by atoms with Gasteiger partial charge in [0.15, 0.2) is 0 Å². The van der Waals surface area contributed by atoms with Crippen LogP contribution < -0.4 is 5.32 Å². The number of hydrogen-bond donors (Lipinski definition) is 1. The van der Waals surface area contributed by atoms with Gasteiger partial charge in [0, 0.05) is 69.4 Å². The fourth-order valence-electron chi connectivity index (χ4n) is 2.81. The Hall–Kier alpha value is -2.25. The molecule has 3 rings (SSSR count). The largest absolute Gasteiger partial charge is 0.378 e. The molecule has 0 saturated carbocycles. The summed E-state index contributed by atoms with van der Waals surface area (Å²) in [5.41, 5.74) is 3.11. The highest BCUT2D eigenvalue weighted by Crippen LogP contribution is 2.20. The van der Waals surface area contributed by atoms with Gasteiger partial charge >= 0.3 is 0 Å². The maximum Gasteiger partial charge on any atom is 0.224 e. The zero-order chi connectivity index (χ0) is 16.8. The maximum absolute atomic E-state index is 12.1. The van der Waals surface area contributed by atoms with E-state index >= 15 is 0 Å². The van der Waals surface area contributed by atoms with Gasteiger partial charge in [-0.2, -0.15) is 5.10 Å². The van der Waals surface area contributed by atoms with Crippen molar-refractivity contribution < 1.29 is 9.53 Å². The van der Waals surface area contributed by atoms with Crippen LogP contribution in [-0.4, -0.2) is 58.4 Å². The second-order valence-corrected chi connectivity index (χ2v) is 5.83. The minimum absolute atomic E-state index is 0.186. The average Bonchev–Trinajstić information content (AvgIpc) is 3.01. The van der Waals surface area contributed by atoms with Gasteiger partial charge in [0.25, 0.3) is 0 Å². The molecular formula is C17H23N5O2. The summed E-state index contributed by atoms with van der Waals surface area (Å²) in [6.07, 6.45) is 6.04. The van der Waals surface area contributed by atoms with Crippen molar-refractivity contribution in [3.63, 3.8) is 0 Å². The molecule has 0 radical (unpaired) electrons. The van der Waals surface area contributed by atoms with Gasteiger partial charge in [0.1, 0.15) is 0 Å². The first-order valence-corrected chi connectivity index (χ1v) is 8.23. The minimum Gasteiger partial charge on any atom is -0.378 e. The Kier molecular flexibility index (Phi) is 5.55. The molecule has 1 aliphatic heterocycles. The quantitative estimate of drug-likeness (QED) is 0.795. The first kappa shape index (κ1) is 16.6. The third kappa shape index (κ3) is 4.18. The van der Waals surface area contributed by atoms with Crippen molar-refractivity contribution >= 4 is 5.91 Å². The highest BCUT2D eigenvalue weighted by atomic mass is 16.5. The molecule has 0 unspecified atom stereocenters. The van der Waals surface area contributed by atoms with Gasteiger partial charge in [-0.05, 0) is 12.1 Å². The van der Waals surface area contributed by atoms with Crippen LogP contribution in [0, 0.1) is 0 Å². The summed E-state index contributed by atoms with van der Waals surface area (Å²) in [5.74, 6) is 0.186. The number of ether oxygens (including phenoxy) is 1. The van der Waals surface area contributed by atoms with Crippen molar-refractivity contribution in [1.29, 1.82) is 0 Å². The summed E-state index contributed by atoms with van der Waals surface area (Å²) in [6.45, 7) is 4.03. The number of nitrogens with one attached hydrogen (secondary N) is 1. The SMILES string of the molecule is Cn1cc(CNCCC(=O)N2CCOCC2)c(-c2ccncc2)n1. The normalized spacial score (nSPS) is 14.8. The van der Waals surface area contributed by atoms with E-state index < -0.39 is 0 Å². The summed E-state index contributed by atoms with van der Waals surface area (Å²) in [5, 5.41) is 7.88. The number of aromatic nitrogens is 3. The molecule has 1 amide bonds. The van der Waals surface area contributed by atoms with E-state index in [9.17, 15) is 4.79 Å². The molecule has 3 heterocycles. The summed E-state index contributed by atoms with van der Waals surface area (Å²) >= 11 is 0. The summed E-state index contributed by atoms with van der Waals surface area (Å²) in [6, 6.07) is 3.90. The molecule has 0 aliphatic carbocycles. The first-order chi connectivity index (χ1) is 11.7. The van der Waals surface area contributed by atoms with E-state index in [4.69, 9.17) is 4.74 Å². The van der Waals surface area contributed by atoms with E-state index in [-0.39, 0.29) is 5.91 Å². The monoisotopic (exact) mass is 329 g/mol. The zero-order valence-electron chi connectivity index (χ0n) is 13.9. The molecule has 7 nitrogen and oxygen atoms in total. The molecule has 0 atom stereocenters. The van der Waals surface area contributed by atoms with Gasteiger partial charge in [-0.25, -0.2) is 0 Å². The lowest BCUT2D eigenvalue weighted by Crippen LogP contribution is -2.41. The number of amides is 1. The van der Waals surface area contributed by atoms with Crippen molar-refractivity contribution in [3.8, 4) is 11.3 Å². The third-order valence-electron chi connectivity index (χ3n) is 4.05. The van der Waals surface area contributed by atoms with Crippen LogP contribution in [0.4, 0.5) is 0 Å². The fourth-order valence-corrected chi connectivity index (χ4v) is 2.81. The number of hydrogen-bond acceptors (Lipinski definition) is 5. The molecule has 2 aromatic rings. The van der Waals surface area contributed by atoms with Crippen molar-refractivity contribution in [2.75, 3.05) is 32.8 Å². The number of carbonyl (C=O) groups excluding carboxylic acids is 1. The topological polar surface area (TPSA) is 72.3 Å². The van der Waals surface area contributed by atoms with Crippen LogP contribution in [0.25, 0.3) is 11.3 Å². The van der Waals surface area contributed by atoms with Gasteiger partial charge < -0.3 is 15.0 Å². The molecule has 1 N–H and O–H groups in total. The smallest absolute Gasteiger partial charge is 0.224 e. The predicted octanol–water partition coefficient (Wildman–Crippen LogP) is 0.821. The molecule has 1 fully saturated rings. The number of pyridine rings is 1. The Labute approximate surface area is 141 Å². The van der Waals surface area contributed by atoms with E-state index in [0.717, 1.165) is 16.8 Å². The molecule has 7 heteroatoms. The van der Waals surface area contributed by atoms with Crippen LogP contribution >= 0.6 is 0 Å². The van der Waals surface area contributed by atoms with E-state index in [1.54, 1.807) is 12.4 Å². The molecule has 24 heavy (non-hydrogen) atoms. The van der Waals surface area contributed by atoms with E-state index in [1.165, 1.54) is 0 Å². The molecular weight excluding hydrogens is 306 g/mol. The van der Waals surface area contributed by atoms with Gasteiger partial charge in [-0.3, -0.25) is 14.5 Å². The van der Waals surface area contributed by atoms with Gasteiger partial charge in [0.2, 0.25) is 5.91 Å². The van der Waals surface area contributed by atoms with E-state index in [1.807, 2.05) is 35.0 Å². The zero-order valence-corrected chi connectivity index (χ0v) is 13.9. The second-order valence-electron chi connectivity index (χ2n) is 5.83. The maximum atomic E-state index is 12.1. The van der Waals surface area contributed by atoms with Gasteiger partial charge in [-0.1, -0.05) is 0 Å². The Balaban J connectivity index is 1.51.